The third-order valence-corrected chi connectivity index (χ3v) is 3.14. The molecule has 1 atom stereocenters. The smallest absolute Gasteiger partial charge is 0.138 e. The van der Waals surface area contributed by atoms with Crippen LogP contribution in [0.1, 0.15) is 30.0 Å². The van der Waals surface area contributed by atoms with E-state index in [0.29, 0.717) is 13.2 Å². The van der Waals surface area contributed by atoms with Crippen LogP contribution < -0.4 is 5.73 Å². The summed E-state index contributed by atoms with van der Waals surface area (Å²) >= 11 is 0. The number of benzene rings is 1. The molecule has 0 fully saturated rings. The Labute approximate surface area is 99.8 Å². The molecule has 4 heteroatoms. The van der Waals surface area contributed by atoms with Crippen molar-refractivity contribution in [3.8, 4) is 11.4 Å². The predicted molar refractivity (Wildman–Crippen MR) is 65.1 cm³/mol. The second kappa shape index (κ2) is 3.98. The van der Waals surface area contributed by atoms with Crippen LogP contribution >= 0.6 is 0 Å². The lowest BCUT2D eigenvalue weighted by atomic mass is 10.1. The van der Waals surface area contributed by atoms with Gasteiger partial charge in [0.05, 0.1) is 24.1 Å². The zero-order valence-electron chi connectivity index (χ0n) is 9.73. The van der Waals surface area contributed by atoms with E-state index in [9.17, 15) is 0 Å². The summed E-state index contributed by atoms with van der Waals surface area (Å²) in [6, 6.07) is 8.15. The first kappa shape index (κ1) is 10.5. The number of rotatable bonds is 2. The van der Waals surface area contributed by atoms with Gasteiger partial charge in [-0.1, -0.05) is 24.3 Å². The molecule has 0 spiro atoms. The van der Waals surface area contributed by atoms with E-state index >= 15 is 0 Å². The van der Waals surface area contributed by atoms with Crippen molar-refractivity contribution in [3.63, 3.8) is 0 Å². The zero-order chi connectivity index (χ0) is 11.8. The number of nitrogens with one attached hydrogen (secondary N) is 1. The van der Waals surface area contributed by atoms with E-state index in [1.807, 2.05) is 31.2 Å². The molecule has 1 unspecified atom stereocenters. The van der Waals surface area contributed by atoms with Crippen LogP contribution in [0.25, 0.3) is 11.4 Å². The molecule has 17 heavy (non-hydrogen) atoms. The summed E-state index contributed by atoms with van der Waals surface area (Å²) in [5.74, 6) is 0.911. The Hall–Kier alpha value is -1.65. The van der Waals surface area contributed by atoms with Crippen molar-refractivity contribution in [1.29, 1.82) is 0 Å². The van der Waals surface area contributed by atoms with Gasteiger partial charge in [0.15, 0.2) is 0 Å². The third-order valence-electron chi connectivity index (χ3n) is 3.14. The average molecular weight is 229 g/mol. The van der Waals surface area contributed by atoms with Gasteiger partial charge in [-0.3, -0.25) is 0 Å². The number of hydrogen-bond donors (Lipinski definition) is 2. The first-order valence-electron chi connectivity index (χ1n) is 5.77. The Kier molecular flexibility index (Phi) is 2.46. The lowest BCUT2D eigenvalue weighted by molar-refractivity contribution is 0.0762. The molecule has 0 radical (unpaired) electrons. The highest BCUT2D eigenvalue weighted by molar-refractivity contribution is 5.56. The maximum Gasteiger partial charge on any atom is 0.138 e. The molecule has 0 aliphatic carbocycles. The quantitative estimate of drug-likeness (QED) is 0.829. The van der Waals surface area contributed by atoms with Gasteiger partial charge in [0.2, 0.25) is 0 Å². The van der Waals surface area contributed by atoms with Crippen LogP contribution in [0, 0.1) is 0 Å². The average Bonchev–Trinajstić information content (AvgIpc) is 2.92. The number of aromatic amines is 1. The monoisotopic (exact) mass is 229 g/mol. The van der Waals surface area contributed by atoms with Crippen LogP contribution in [-0.4, -0.2) is 9.97 Å². The number of aromatic nitrogens is 2. The molecule has 0 saturated carbocycles. The van der Waals surface area contributed by atoms with Crippen molar-refractivity contribution in [3.05, 3.63) is 41.2 Å². The van der Waals surface area contributed by atoms with Gasteiger partial charge in [-0.2, -0.15) is 0 Å². The molecular formula is C13H15N3O. The van der Waals surface area contributed by atoms with Gasteiger partial charge in [0.25, 0.3) is 0 Å². The molecule has 4 nitrogen and oxygen atoms in total. The van der Waals surface area contributed by atoms with Crippen molar-refractivity contribution in [2.24, 2.45) is 5.73 Å². The third kappa shape index (κ3) is 1.75. The summed E-state index contributed by atoms with van der Waals surface area (Å²) in [5.41, 5.74) is 9.92. The topological polar surface area (TPSA) is 63.9 Å². The minimum absolute atomic E-state index is 0.0957. The van der Waals surface area contributed by atoms with Gasteiger partial charge in [-0.05, 0) is 12.5 Å². The van der Waals surface area contributed by atoms with Crippen molar-refractivity contribution >= 4 is 0 Å². The Morgan fingerprint density at radius 3 is 2.82 bits per heavy atom. The number of imidazole rings is 1. The van der Waals surface area contributed by atoms with Crippen LogP contribution in [-0.2, 0) is 17.9 Å². The molecule has 1 aliphatic rings. The Morgan fingerprint density at radius 2 is 2.18 bits per heavy atom. The van der Waals surface area contributed by atoms with Gasteiger partial charge in [-0.15, -0.1) is 0 Å². The molecule has 0 saturated heterocycles. The largest absolute Gasteiger partial charge is 0.366 e. The molecule has 1 aromatic carbocycles. The minimum Gasteiger partial charge on any atom is -0.366 e. The van der Waals surface area contributed by atoms with Gasteiger partial charge in [-0.25, -0.2) is 4.98 Å². The van der Waals surface area contributed by atoms with Gasteiger partial charge < -0.3 is 15.5 Å². The number of hydrogen-bond acceptors (Lipinski definition) is 3. The van der Waals surface area contributed by atoms with Crippen LogP contribution in [0.3, 0.4) is 0 Å². The maximum atomic E-state index is 5.58. The fraction of sp³-hybridized carbons (Fsp3) is 0.308. The number of ether oxygens (including phenoxy) is 1. The molecule has 3 N–H and O–H groups in total. The van der Waals surface area contributed by atoms with Crippen molar-refractivity contribution in [2.45, 2.75) is 26.2 Å². The standard InChI is InChI=1S/C13H15N3O/c1-8-12-11(7-17-8)15-13(16-12)10-4-2-9(6-14)3-5-10/h2-5,8H,6-7,14H2,1H3,(H,15,16). The lowest BCUT2D eigenvalue weighted by Crippen LogP contribution is -1.95. The molecule has 2 heterocycles. The normalized spacial score (nSPS) is 18.4. The molecule has 3 rings (SSSR count). The number of nitrogens with zero attached hydrogens (tertiary/aromatic N) is 1. The fourth-order valence-electron chi connectivity index (χ4n) is 2.09. The van der Waals surface area contributed by atoms with Gasteiger partial charge in [0, 0.05) is 12.1 Å². The molecular weight excluding hydrogens is 214 g/mol. The summed E-state index contributed by atoms with van der Waals surface area (Å²) in [5, 5.41) is 0. The summed E-state index contributed by atoms with van der Waals surface area (Å²) < 4.78 is 5.48. The number of H-pyrrole nitrogens is 1. The first-order chi connectivity index (χ1) is 8.28. The van der Waals surface area contributed by atoms with Crippen molar-refractivity contribution in [1.82, 2.24) is 9.97 Å². The highest BCUT2D eigenvalue weighted by Crippen LogP contribution is 2.30. The van der Waals surface area contributed by atoms with E-state index in [0.717, 1.165) is 28.3 Å². The van der Waals surface area contributed by atoms with E-state index in [4.69, 9.17) is 10.5 Å². The van der Waals surface area contributed by atoms with Crippen LogP contribution in [0.2, 0.25) is 0 Å². The van der Waals surface area contributed by atoms with Crippen LogP contribution in [0.5, 0.6) is 0 Å². The minimum atomic E-state index is 0.0957. The van der Waals surface area contributed by atoms with Crippen molar-refractivity contribution in [2.75, 3.05) is 0 Å². The number of nitrogens with two attached hydrogens (primary N) is 1. The summed E-state index contributed by atoms with van der Waals surface area (Å²) in [6.07, 6.45) is 0.0957. The molecule has 1 aromatic heterocycles. The summed E-state index contributed by atoms with van der Waals surface area (Å²) in [7, 11) is 0. The predicted octanol–water partition coefficient (Wildman–Crippen LogP) is 2.13. The van der Waals surface area contributed by atoms with Crippen LogP contribution in [0.15, 0.2) is 24.3 Å². The summed E-state index contributed by atoms with van der Waals surface area (Å²) in [6.45, 7) is 3.22. The molecule has 0 amide bonds. The van der Waals surface area contributed by atoms with Gasteiger partial charge in [0.1, 0.15) is 5.82 Å². The SMILES string of the molecule is CC1OCc2[nH]c(-c3ccc(CN)cc3)nc21. The first-order valence-corrected chi connectivity index (χ1v) is 5.77. The van der Waals surface area contributed by atoms with Crippen molar-refractivity contribution < 1.29 is 4.74 Å². The lowest BCUT2D eigenvalue weighted by Gasteiger charge is -2.02. The molecule has 1 aliphatic heterocycles. The summed E-state index contributed by atoms with van der Waals surface area (Å²) in [4.78, 5) is 7.90. The fourth-order valence-corrected chi connectivity index (χ4v) is 2.09. The van der Waals surface area contributed by atoms with E-state index < -0.39 is 0 Å². The maximum absolute atomic E-state index is 5.58. The highest BCUT2D eigenvalue weighted by atomic mass is 16.5. The molecule has 88 valence electrons. The second-order valence-corrected chi connectivity index (χ2v) is 4.30. The Balaban J connectivity index is 1.96. The zero-order valence-corrected chi connectivity index (χ0v) is 9.73. The van der Waals surface area contributed by atoms with E-state index in [1.165, 1.54) is 0 Å². The second-order valence-electron chi connectivity index (χ2n) is 4.30. The Morgan fingerprint density at radius 1 is 1.41 bits per heavy atom. The van der Waals surface area contributed by atoms with E-state index in [1.54, 1.807) is 0 Å². The Bertz CT molecular complexity index is 530. The highest BCUT2D eigenvalue weighted by Gasteiger charge is 2.23. The molecule has 0 bridgehead atoms. The number of fused-ring (bicyclic) bond motifs is 1. The van der Waals surface area contributed by atoms with E-state index in [-0.39, 0.29) is 6.10 Å². The van der Waals surface area contributed by atoms with Gasteiger partial charge >= 0.3 is 0 Å². The van der Waals surface area contributed by atoms with Crippen LogP contribution in [0.4, 0.5) is 0 Å². The van der Waals surface area contributed by atoms with E-state index in [2.05, 4.69) is 9.97 Å². The molecule has 2 aromatic rings.